The van der Waals surface area contributed by atoms with Crippen LogP contribution in [-0.4, -0.2) is 19.3 Å². The van der Waals surface area contributed by atoms with Crippen molar-refractivity contribution in [3.8, 4) is 0 Å². The van der Waals surface area contributed by atoms with E-state index in [4.69, 9.17) is 0 Å². The van der Waals surface area contributed by atoms with Crippen LogP contribution >= 0.6 is 0 Å². The smallest absolute Gasteiger partial charge is 0.141 e. The number of aromatic nitrogens is 3. The molecule has 4 heteroatoms. The Morgan fingerprint density at radius 2 is 2.27 bits per heavy atom. The van der Waals surface area contributed by atoms with Crippen molar-refractivity contribution in [3.05, 3.63) is 23.7 Å². The second-order valence-corrected chi connectivity index (χ2v) is 4.15. The molecule has 0 bridgehead atoms. The summed E-state index contributed by atoms with van der Waals surface area (Å²) in [5.74, 6) is 0.595. The lowest BCUT2D eigenvalue weighted by molar-refractivity contribution is 0.281. The lowest BCUT2D eigenvalue weighted by Crippen LogP contribution is -1.96. The van der Waals surface area contributed by atoms with E-state index < -0.39 is 0 Å². The molecule has 3 rings (SSSR count). The second kappa shape index (κ2) is 3.10. The van der Waals surface area contributed by atoms with E-state index in [1.54, 1.807) is 0 Å². The Bertz CT molecular complexity index is 493. The van der Waals surface area contributed by atoms with Crippen molar-refractivity contribution in [3.63, 3.8) is 0 Å². The van der Waals surface area contributed by atoms with Crippen LogP contribution < -0.4 is 0 Å². The van der Waals surface area contributed by atoms with Gasteiger partial charge in [0, 0.05) is 30.4 Å². The van der Waals surface area contributed by atoms with Gasteiger partial charge in [-0.25, -0.2) is 4.52 Å². The first-order valence-corrected chi connectivity index (χ1v) is 5.52. The van der Waals surface area contributed by atoms with Crippen molar-refractivity contribution in [2.45, 2.75) is 38.8 Å². The third-order valence-electron chi connectivity index (χ3n) is 3.13. The standard InChI is InChI=1S/C11H15N3O/c1-2-13-5-6-14-11(13)9(7-15)10(12-14)8-3-4-8/h5-6,8,15H,2-4,7H2,1H3. The van der Waals surface area contributed by atoms with Crippen molar-refractivity contribution in [1.82, 2.24) is 14.2 Å². The van der Waals surface area contributed by atoms with Crippen LogP contribution in [0.15, 0.2) is 12.4 Å². The Morgan fingerprint density at radius 1 is 1.47 bits per heavy atom. The Hall–Kier alpha value is -1.29. The minimum atomic E-state index is 0.0966. The fourth-order valence-corrected chi connectivity index (χ4v) is 2.19. The average molecular weight is 205 g/mol. The van der Waals surface area contributed by atoms with E-state index in [1.165, 1.54) is 12.8 Å². The zero-order chi connectivity index (χ0) is 10.4. The SMILES string of the molecule is CCn1ccn2nc(C3CC3)c(CO)c12. The van der Waals surface area contributed by atoms with Crippen LogP contribution in [0.4, 0.5) is 0 Å². The number of fused-ring (bicyclic) bond motifs is 1. The molecule has 80 valence electrons. The highest BCUT2D eigenvalue weighted by atomic mass is 16.3. The molecule has 2 heterocycles. The van der Waals surface area contributed by atoms with Crippen LogP contribution in [0.25, 0.3) is 5.65 Å². The van der Waals surface area contributed by atoms with Gasteiger partial charge in [0.1, 0.15) is 5.65 Å². The second-order valence-electron chi connectivity index (χ2n) is 4.15. The summed E-state index contributed by atoms with van der Waals surface area (Å²) in [6.45, 7) is 3.11. The first-order chi connectivity index (χ1) is 7.35. The van der Waals surface area contributed by atoms with Gasteiger partial charge in [-0.15, -0.1) is 0 Å². The van der Waals surface area contributed by atoms with Crippen molar-refractivity contribution in [2.75, 3.05) is 0 Å². The third kappa shape index (κ3) is 1.21. The number of aryl methyl sites for hydroxylation is 1. The number of imidazole rings is 1. The van der Waals surface area contributed by atoms with Gasteiger partial charge in [0.05, 0.1) is 12.3 Å². The minimum absolute atomic E-state index is 0.0966. The average Bonchev–Trinajstić information content (AvgIpc) is 2.91. The lowest BCUT2D eigenvalue weighted by Gasteiger charge is -2.00. The summed E-state index contributed by atoms with van der Waals surface area (Å²) in [6, 6.07) is 0. The van der Waals surface area contributed by atoms with Crippen LogP contribution in [0, 0.1) is 0 Å². The summed E-state index contributed by atoms with van der Waals surface area (Å²) >= 11 is 0. The van der Waals surface area contributed by atoms with Crippen molar-refractivity contribution in [2.24, 2.45) is 0 Å². The quantitative estimate of drug-likeness (QED) is 0.825. The van der Waals surface area contributed by atoms with Gasteiger partial charge in [0.15, 0.2) is 0 Å². The summed E-state index contributed by atoms with van der Waals surface area (Å²) in [4.78, 5) is 0. The first kappa shape index (κ1) is 8.97. The van der Waals surface area contributed by atoms with Crippen LogP contribution in [0.5, 0.6) is 0 Å². The maximum Gasteiger partial charge on any atom is 0.141 e. The van der Waals surface area contributed by atoms with Crippen LogP contribution in [0.2, 0.25) is 0 Å². The maximum absolute atomic E-state index is 9.45. The molecule has 15 heavy (non-hydrogen) atoms. The van der Waals surface area contributed by atoms with E-state index in [0.717, 1.165) is 23.4 Å². The molecule has 0 amide bonds. The van der Waals surface area contributed by atoms with E-state index in [0.29, 0.717) is 5.92 Å². The fourth-order valence-electron chi connectivity index (χ4n) is 2.19. The summed E-state index contributed by atoms with van der Waals surface area (Å²) in [7, 11) is 0. The lowest BCUT2D eigenvalue weighted by atomic mass is 10.2. The Kier molecular flexibility index (Phi) is 1.85. The van der Waals surface area contributed by atoms with E-state index in [2.05, 4.69) is 16.6 Å². The van der Waals surface area contributed by atoms with Gasteiger partial charge < -0.3 is 9.67 Å². The monoisotopic (exact) mass is 205 g/mol. The molecule has 0 radical (unpaired) electrons. The number of hydrogen-bond acceptors (Lipinski definition) is 2. The van der Waals surface area contributed by atoms with Gasteiger partial charge in [-0.3, -0.25) is 0 Å². The number of nitrogens with zero attached hydrogens (tertiary/aromatic N) is 3. The molecule has 2 aromatic rings. The summed E-state index contributed by atoms with van der Waals surface area (Å²) < 4.78 is 4.02. The van der Waals surface area contributed by atoms with E-state index >= 15 is 0 Å². The molecule has 1 aliphatic carbocycles. The molecule has 0 atom stereocenters. The molecular weight excluding hydrogens is 190 g/mol. The molecule has 1 aliphatic rings. The molecule has 0 spiro atoms. The molecule has 0 aliphatic heterocycles. The van der Waals surface area contributed by atoms with Gasteiger partial charge >= 0.3 is 0 Å². The first-order valence-electron chi connectivity index (χ1n) is 5.52. The van der Waals surface area contributed by atoms with E-state index in [1.807, 2.05) is 16.9 Å². The summed E-state index contributed by atoms with van der Waals surface area (Å²) in [6.07, 6.45) is 6.42. The normalized spacial score (nSPS) is 16.4. The van der Waals surface area contributed by atoms with Gasteiger partial charge in [-0.05, 0) is 19.8 Å². The fraction of sp³-hybridized carbons (Fsp3) is 0.545. The highest BCUT2D eigenvalue weighted by Gasteiger charge is 2.30. The number of hydrogen-bond donors (Lipinski definition) is 1. The zero-order valence-corrected chi connectivity index (χ0v) is 8.85. The van der Waals surface area contributed by atoms with Crippen molar-refractivity contribution < 1.29 is 5.11 Å². The van der Waals surface area contributed by atoms with Crippen LogP contribution in [0.3, 0.4) is 0 Å². The maximum atomic E-state index is 9.45. The van der Waals surface area contributed by atoms with Gasteiger partial charge in [0.25, 0.3) is 0 Å². The Labute approximate surface area is 88.1 Å². The van der Waals surface area contributed by atoms with E-state index in [-0.39, 0.29) is 6.61 Å². The molecule has 1 fully saturated rings. The third-order valence-corrected chi connectivity index (χ3v) is 3.13. The van der Waals surface area contributed by atoms with Crippen molar-refractivity contribution in [1.29, 1.82) is 0 Å². The van der Waals surface area contributed by atoms with Gasteiger partial charge in [-0.1, -0.05) is 0 Å². The van der Waals surface area contributed by atoms with Gasteiger partial charge in [0.2, 0.25) is 0 Å². The predicted octanol–water partition coefficient (Wildman–Crippen LogP) is 1.53. The molecule has 1 N–H and O–H groups in total. The molecule has 2 aromatic heterocycles. The molecule has 0 saturated heterocycles. The molecule has 0 aromatic carbocycles. The number of aliphatic hydroxyl groups excluding tert-OH is 1. The molecule has 1 saturated carbocycles. The summed E-state index contributed by atoms with van der Waals surface area (Å²) in [5, 5.41) is 14.0. The minimum Gasteiger partial charge on any atom is -0.391 e. The number of rotatable bonds is 3. The highest BCUT2D eigenvalue weighted by molar-refractivity contribution is 5.53. The Balaban J connectivity index is 2.24. The van der Waals surface area contributed by atoms with Gasteiger partial charge in [-0.2, -0.15) is 5.10 Å². The highest BCUT2D eigenvalue weighted by Crippen LogP contribution is 2.41. The van der Waals surface area contributed by atoms with E-state index in [9.17, 15) is 5.11 Å². The molecular formula is C11H15N3O. The number of aliphatic hydroxyl groups is 1. The van der Waals surface area contributed by atoms with Crippen LogP contribution in [0.1, 0.15) is 36.9 Å². The largest absolute Gasteiger partial charge is 0.391 e. The molecule has 0 unspecified atom stereocenters. The van der Waals surface area contributed by atoms with Crippen LogP contribution in [-0.2, 0) is 13.2 Å². The topological polar surface area (TPSA) is 42.5 Å². The van der Waals surface area contributed by atoms with Crippen molar-refractivity contribution >= 4 is 5.65 Å². The molecule has 4 nitrogen and oxygen atoms in total. The summed E-state index contributed by atoms with van der Waals surface area (Å²) in [5.41, 5.74) is 3.18. The predicted molar refractivity (Wildman–Crippen MR) is 56.8 cm³/mol. The Morgan fingerprint density at radius 3 is 2.87 bits per heavy atom. The zero-order valence-electron chi connectivity index (χ0n) is 8.85.